The van der Waals surface area contributed by atoms with E-state index >= 15 is 0 Å². The van der Waals surface area contributed by atoms with Crippen molar-refractivity contribution in [3.05, 3.63) is 66.9 Å². The summed E-state index contributed by atoms with van der Waals surface area (Å²) in [5.41, 5.74) is 4.42. The number of carbonyl (C=O) groups is 1. The predicted octanol–water partition coefficient (Wildman–Crippen LogP) is 3.96. The largest absolute Gasteiger partial charge is 0.494 e. The molecule has 9 nitrogen and oxygen atoms in total. The minimum Gasteiger partial charge on any atom is -0.494 e. The third kappa shape index (κ3) is 4.94. The van der Waals surface area contributed by atoms with Gasteiger partial charge in [0.1, 0.15) is 11.6 Å². The van der Waals surface area contributed by atoms with E-state index in [1.54, 1.807) is 7.11 Å². The molecule has 9 heteroatoms. The van der Waals surface area contributed by atoms with Crippen LogP contribution in [0.25, 0.3) is 0 Å². The Hall–Kier alpha value is -4.11. The van der Waals surface area contributed by atoms with Gasteiger partial charge in [-0.05, 0) is 43.5 Å². The molecule has 0 atom stereocenters. The van der Waals surface area contributed by atoms with E-state index in [0.717, 1.165) is 35.0 Å². The van der Waals surface area contributed by atoms with Gasteiger partial charge in [-0.25, -0.2) is 4.98 Å². The lowest BCUT2D eigenvalue weighted by molar-refractivity contribution is -0.111. The summed E-state index contributed by atoms with van der Waals surface area (Å²) in [6, 6.07) is 13.6. The van der Waals surface area contributed by atoms with Gasteiger partial charge >= 0.3 is 0 Å². The Balaban J connectivity index is 1.67. The lowest BCUT2D eigenvalue weighted by Gasteiger charge is -2.35. The molecule has 0 radical (unpaired) electrons. The molecule has 4 rings (SSSR count). The van der Waals surface area contributed by atoms with Crippen LogP contribution >= 0.6 is 0 Å². The van der Waals surface area contributed by atoms with E-state index < -0.39 is 0 Å². The molecular weight excluding hydrogens is 430 g/mol. The van der Waals surface area contributed by atoms with E-state index in [9.17, 15) is 4.79 Å². The van der Waals surface area contributed by atoms with Crippen LogP contribution in [-0.2, 0) is 11.3 Å². The number of hydrogen-bond donors (Lipinski definition) is 2. The molecule has 1 amide bonds. The molecular formula is C25H29N7O2. The lowest BCUT2D eigenvalue weighted by atomic mass is 10.2. The normalized spacial score (nSPS) is 13.1. The number of ether oxygens (including phenoxy) is 1. The molecule has 0 saturated carbocycles. The van der Waals surface area contributed by atoms with Crippen molar-refractivity contribution < 1.29 is 9.53 Å². The smallest absolute Gasteiger partial charge is 0.247 e. The zero-order valence-electron chi connectivity index (χ0n) is 19.9. The number of methoxy groups -OCH3 is 1. The fourth-order valence-corrected chi connectivity index (χ4v) is 3.78. The van der Waals surface area contributed by atoms with Crippen LogP contribution < -0.4 is 25.2 Å². The number of fused-ring (bicyclic) bond motifs is 1. The van der Waals surface area contributed by atoms with Gasteiger partial charge in [0.2, 0.25) is 11.9 Å². The third-order valence-electron chi connectivity index (χ3n) is 5.48. The predicted molar refractivity (Wildman–Crippen MR) is 136 cm³/mol. The minimum atomic E-state index is -0.253. The maximum atomic E-state index is 11.8. The number of rotatable bonds is 7. The summed E-state index contributed by atoms with van der Waals surface area (Å²) >= 11 is 0. The van der Waals surface area contributed by atoms with Crippen LogP contribution in [0.2, 0.25) is 0 Å². The zero-order valence-corrected chi connectivity index (χ0v) is 19.9. The van der Waals surface area contributed by atoms with Gasteiger partial charge in [0.25, 0.3) is 0 Å². The van der Waals surface area contributed by atoms with E-state index in [1.165, 1.54) is 6.08 Å². The van der Waals surface area contributed by atoms with Crippen LogP contribution in [0.1, 0.15) is 5.56 Å². The van der Waals surface area contributed by atoms with Crippen LogP contribution in [-0.4, -0.2) is 55.7 Å². The highest BCUT2D eigenvalue weighted by atomic mass is 16.5. The zero-order chi connectivity index (χ0) is 24.2. The Kier molecular flexibility index (Phi) is 6.65. The average molecular weight is 460 g/mol. The number of nitrogens with one attached hydrogen (secondary N) is 2. The summed E-state index contributed by atoms with van der Waals surface area (Å²) in [5.74, 6) is 1.73. The van der Waals surface area contributed by atoms with Crippen molar-refractivity contribution in [2.75, 3.05) is 55.4 Å². The summed E-state index contributed by atoms with van der Waals surface area (Å²) in [6.07, 6.45) is 3.10. The molecule has 2 heterocycles. The first-order valence-corrected chi connectivity index (χ1v) is 10.9. The van der Waals surface area contributed by atoms with Gasteiger partial charge in [0.15, 0.2) is 0 Å². The topological polar surface area (TPSA) is 85.9 Å². The molecule has 0 unspecified atom stereocenters. The summed E-state index contributed by atoms with van der Waals surface area (Å²) in [5, 5.41) is 6.11. The van der Waals surface area contributed by atoms with Crippen molar-refractivity contribution in [1.29, 1.82) is 0 Å². The first kappa shape index (κ1) is 23.1. The fourth-order valence-electron chi connectivity index (χ4n) is 3.78. The Bertz CT molecular complexity index is 1210. The third-order valence-corrected chi connectivity index (χ3v) is 5.48. The molecule has 0 fully saturated rings. The van der Waals surface area contributed by atoms with Gasteiger partial charge in [-0.3, -0.25) is 9.69 Å². The lowest BCUT2D eigenvalue weighted by Crippen LogP contribution is -2.38. The van der Waals surface area contributed by atoms with Crippen LogP contribution in [0.15, 0.2) is 61.3 Å². The molecule has 1 aromatic heterocycles. The van der Waals surface area contributed by atoms with Gasteiger partial charge < -0.3 is 25.2 Å². The minimum absolute atomic E-state index is 0.253. The highest BCUT2D eigenvalue weighted by Crippen LogP contribution is 2.35. The highest BCUT2D eigenvalue weighted by molar-refractivity contribution is 5.99. The number of anilines is 6. The maximum absolute atomic E-state index is 11.8. The van der Waals surface area contributed by atoms with E-state index in [1.807, 2.05) is 74.7 Å². The first-order valence-electron chi connectivity index (χ1n) is 10.9. The Morgan fingerprint density at radius 2 is 2.06 bits per heavy atom. The van der Waals surface area contributed by atoms with Crippen molar-refractivity contribution in [3.63, 3.8) is 0 Å². The van der Waals surface area contributed by atoms with Crippen molar-refractivity contribution in [2.45, 2.75) is 6.54 Å². The van der Waals surface area contributed by atoms with E-state index in [-0.39, 0.29) is 5.91 Å². The second kappa shape index (κ2) is 9.80. The van der Waals surface area contributed by atoms with Crippen LogP contribution in [0.4, 0.5) is 34.5 Å². The molecule has 0 spiro atoms. The van der Waals surface area contributed by atoms with E-state index in [0.29, 0.717) is 24.1 Å². The van der Waals surface area contributed by atoms with E-state index in [2.05, 4.69) is 32.0 Å². The van der Waals surface area contributed by atoms with Crippen LogP contribution in [0, 0.1) is 0 Å². The van der Waals surface area contributed by atoms with Gasteiger partial charge in [-0.1, -0.05) is 12.6 Å². The summed E-state index contributed by atoms with van der Waals surface area (Å²) in [7, 11) is 7.65. The molecule has 34 heavy (non-hydrogen) atoms. The van der Waals surface area contributed by atoms with Gasteiger partial charge in [-0.2, -0.15) is 4.98 Å². The van der Waals surface area contributed by atoms with Gasteiger partial charge in [-0.15, -0.1) is 0 Å². The molecule has 2 N–H and O–H groups in total. The molecule has 0 saturated heterocycles. The quantitative estimate of drug-likeness (QED) is 0.514. The number of carbonyl (C=O) groups excluding carboxylic acids is 1. The maximum Gasteiger partial charge on any atom is 0.247 e. The molecule has 0 bridgehead atoms. The van der Waals surface area contributed by atoms with Crippen molar-refractivity contribution in [3.8, 4) is 5.75 Å². The van der Waals surface area contributed by atoms with Crippen LogP contribution in [0.3, 0.4) is 0 Å². The van der Waals surface area contributed by atoms with Crippen LogP contribution in [0.5, 0.6) is 5.75 Å². The van der Waals surface area contributed by atoms with E-state index in [4.69, 9.17) is 9.72 Å². The molecule has 2 aromatic carbocycles. The van der Waals surface area contributed by atoms with Gasteiger partial charge in [0.05, 0.1) is 19.5 Å². The summed E-state index contributed by atoms with van der Waals surface area (Å²) in [4.78, 5) is 27.4. The average Bonchev–Trinajstić information content (AvgIpc) is 2.83. The number of benzene rings is 2. The fraction of sp³-hybridized carbons (Fsp3) is 0.240. The second-order valence-electron chi connectivity index (χ2n) is 8.27. The molecule has 3 aromatic rings. The number of nitrogens with zero attached hydrogens (tertiary/aromatic N) is 5. The summed E-state index contributed by atoms with van der Waals surface area (Å²) < 4.78 is 5.58. The number of amides is 1. The molecule has 1 aliphatic heterocycles. The highest BCUT2D eigenvalue weighted by Gasteiger charge is 2.24. The summed E-state index contributed by atoms with van der Waals surface area (Å²) in [6.45, 7) is 4.89. The second-order valence-corrected chi connectivity index (χ2v) is 8.27. The number of aromatic nitrogens is 2. The Labute approximate surface area is 199 Å². The first-order chi connectivity index (χ1) is 16.4. The Morgan fingerprint density at radius 3 is 2.79 bits per heavy atom. The standard InChI is InChI=1S/C25H29N7O2/c1-6-23(33)27-18-8-7-9-20(12-18)32-16-31(4)15-17-14-26-25(29-24(17)32)28-21-11-10-19(30(2)3)13-22(21)34-5/h6-14H,1,15-16H2,2-5H3,(H,27,33)(H,26,28,29). The molecule has 176 valence electrons. The SMILES string of the molecule is C=CC(=O)Nc1cccc(N2CN(C)Cc3cnc(Nc4ccc(N(C)C)cc4OC)nc32)c1. The Morgan fingerprint density at radius 1 is 1.24 bits per heavy atom. The monoisotopic (exact) mass is 459 g/mol. The van der Waals surface area contributed by atoms with Crippen molar-refractivity contribution in [2.24, 2.45) is 0 Å². The molecule has 0 aliphatic carbocycles. The van der Waals surface area contributed by atoms with Gasteiger partial charge in [0, 0.05) is 55.5 Å². The van der Waals surface area contributed by atoms with Crippen molar-refractivity contribution in [1.82, 2.24) is 14.9 Å². The molecule has 1 aliphatic rings. The number of hydrogen-bond acceptors (Lipinski definition) is 8. The van der Waals surface area contributed by atoms with Crippen molar-refractivity contribution >= 4 is 40.4 Å².